The van der Waals surface area contributed by atoms with Crippen molar-refractivity contribution in [1.82, 2.24) is 4.31 Å². The molecule has 0 bridgehead atoms. The minimum atomic E-state index is -4.01. The summed E-state index contributed by atoms with van der Waals surface area (Å²) in [5, 5.41) is 0. The molecule has 1 heterocycles. The number of aryl methyl sites for hydroxylation is 1. The molecule has 2 aliphatic rings. The van der Waals surface area contributed by atoms with E-state index in [1.807, 2.05) is 6.92 Å². The number of carbonyl (C=O) groups excluding carboxylic acids is 2. The van der Waals surface area contributed by atoms with E-state index in [9.17, 15) is 18.0 Å². The molecule has 0 aromatic heterocycles. The molecule has 1 saturated heterocycles. The van der Waals surface area contributed by atoms with Gasteiger partial charge in [0.15, 0.2) is 17.3 Å². The average Bonchev–Trinajstić information content (AvgIpc) is 3.31. The van der Waals surface area contributed by atoms with Gasteiger partial charge in [0.2, 0.25) is 0 Å². The minimum Gasteiger partial charge on any atom is -0.493 e. The molecule has 1 fully saturated rings. The summed E-state index contributed by atoms with van der Waals surface area (Å²) in [6.45, 7) is 3.72. The van der Waals surface area contributed by atoms with Crippen molar-refractivity contribution in [1.29, 1.82) is 0 Å². The highest BCUT2D eigenvalue weighted by Gasteiger charge is 2.56. The molecule has 1 unspecified atom stereocenters. The lowest BCUT2D eigenvalue weighted by atomic mass is 9.80. The van der Waals surface area contributed by atoms with E-state index < -0.39 is 21.4 Å². The first-order valence-electron chi connectivity index (χ1n) is 11.0. The number of carbonyl (C=O) groups is 2. The Kier molecular flexibility index (Phi) is 6.16. The van der Waals surface area contributed by atoms with Gasteiger partial charge in [0, 0.05) is 18.2 Å². The summed E-state index contributed by atoms with van der Waals surface area (Å²) in [6, 6.07) is 9.83. The van der Waals surface area contributed by atoms with Crippen molar-refractivity contribution < 1.29 is 32.2 Å². The quantitative estimate of drug-likeness (QED) is 0.457. The number of allylic oxidation sites excluding steroid dienone is 1. The van der Waals surface area contributed by atoms with Crippen LogP contribution in [0.5, 0.6) is 11.5 Å². The molecule has 1 atom stereocenters. The summed E-state index contributed by atoms with van der Waals surface area (Å²) in [5.41, 5.74) is 0.993. The molecular weight excluding hydrogens is 458 g/mol. The maximum absolute atomic E-state index is 13.8. The lowest BCUT2D eigenvalue weighted by Gasteiger charge is -2.27. The summed E-state index contributed by atoms with van der Waals surface area (Å²) in [4.78, 5) is 26.4. The number of benzene rings is 2. The summed E-state index contributed by atoms with van der Waals surface area (Å²) in [6.07, 6.45) is 1.63. The van der Waals surface area contributed by atoms with Gasteiger partial charge in [0.05, 0.1) is 36.8 Å². The van der Waals surface area contributed by atoms with Gasteiger partial charge in [0.1, 0.15) is 0 Å². The zero-order chi connectivity index (χ0) is 24.7. The van der Waals surface area contributed by atoms with Crippen LogP contribution in [0.25, 0.3) is 0 Å². The second kappa shape index (κ2) is 8.79. The molecule has 9 heteroatoms. The van der Waals surface area contributed by atoms with Crippen molar-refractivity contribution in [3.63, 3.8) is 0 Å². The van der Waals surface area contributed by atoms with Crippen molar-refractivity contribution in [2.45, 2.75) is 31.6 Å². The van der Waals surface area contributed by atoms with Crippen LogP contribution in [0.15, 0.2) is 53.1 Å². The predicted molar refractivity (Wildman–Crippen MR) is 124 cm³/mol. The van der Waals surface area contributed by atoms with E-state index >= 15 is 0 Å². The Bertz CT molecular complexity index is 1280. The minimum absolute atomic E-state index is 0.0649. The van der Waals surface area contributed by atoms with E-state index in [0.717, 1.165) is 11.6 Å². The molecule has 0 N–H and O–H groups in total. The molecule has 2 aromatic rings. The summed E-state index contributed by atoms with van der Waals surface area (Å²) in [7, 11) is -1.02. The van der Waals surface area contributed by atoms with Crippen LogP contribution in [0, 0.1) is 12.3 Å². The molecule has 1 aliphatic heterocycles. The van der Waals surface area contributed by atoms with E-state index in [4.69, 9.17) is 14.2 Å². The maximum Gasteiger partial charge on any atom is 0.332 e. The molecule has 1 aliphatic carbocycles. The van der Waals surface area contributed by atoms with Crippen LogP contribution in [-0.2, 0) is 26.0 Å². The average molecular weight is 486 g/mol. The Morgan fingerprint density at radius 2 is 1.76 bits per heavy atom. The fourth-order valence-corrected chi connectivity index (χ4v) is 6.28. The summed E-state index contributed by atoms with van der Waals surface area (Å²) in [5.74, 6) is -0.0590. The number of hydrogen-bond donors (Lipinski definition) is 0. The highest BCUT2D eigenvalue weighted by Crippen LogP contribution is 2.53. The van der Waals surface area contributed by atoms with Gasteiger partial charge in [-0.3, -0.25) is 9.10 Å². The first-order chi connectivity index (χ1) is 16.2. The van der Waals surface area contributed by atoms with E-state index in [0.29, 0.717) is 22.6 Å². The fraction of sp³-hybridized carbons (Fsp3) is 0.360. The molecule has 0 saturated carbocycles. The molecule has 34 heavy (non-hydrogen) atoms. The van der Waals surface area contributed by atoms with Gasteiger partial charge >= 0.3 is 5.97 Å². The summed E-state index contributed by atoms with van der Waals surface area (Å²) < 4.78 is 44.2. The monoisotopic (exact) mass is 485 g/mol. The number of ketones is 1. The van der Waals surface area contributed by atoms with E-state index in [-0.39, 0.29) is 42.4 Å². The Labute approximate surface area is 199 Å². The number of ether oxygens (including phenoxy) is 3. The van der Waals surface area contributed by atoms with Crippen LogP contribution in [-0.4, -0.2) is 51.8 Å². The van der Waals surface area contributed by atoms with E-state index in [2.05, 4.69) is 0 Å². The first-order valence-corrected chi connectivity index (χ1v) is 12.4. The van der Waals surface area contributed by atoms with Crippen molar-refractivity contribution in [2.75, 3.05) is 27.4 Å². The van der Waals surface area contributed by atoms with Crippen LogP contribution < -0.4 is 9.47 Å². The zero-order valence-corrected chi connectivity index (χ0v) is 20.4. The van der Waals surface area contributed by atoms with E-state index in [1.165, 1.54) is 30.7 Å². The van der Waals surface area contributed by atoms with Crippen molar-refractivity contribution in [3.05, 3.63) is 64.9 Å². The van der Waals surface area contributed by atoms with Crippen molar-refractivity contribution in [3.8, 4) is 11.5 Å². The topological polar surface area (TPSA) is 99.2 Å². The summed E-state index contributed by atoms with van der Waals surface area (Å²) >= 11 is 0. The Balaban J connectivity index is 1.84. The lowest BCUT2D eigenvalue weighted by molar-refractivity contribution is -0.137. The SMILES string of the molecule is CCOC(=O)/C=C1\N(S(=O)(=O)c2ccc(C)cc2)CCC12Cc1cc(OC)c(OC)cc1C2=O. The fourth-order valence-electron chi connectivity index (χ4n) is 4.72. The standard InChI is InChI=1S/C25H27NO7S/c1-5-33-23(27)14-22-25(10-11-26(22)34(29,30)18-8-6-16(2)7-9-18)15-17-12-20(31-3)21(32-4)13-19(17)24(25)28/h6-9,12-14H,5,10-11,15H2,1-4H3/b22-14-. The van der Waals surface area contributed by atoms with E-state index in [1.54, 1.807) is 31.2 Å². The number of Topliss-reactive ketones (excluding diaryl/α,β-unsaturated/α-hetero) is 1. The molecule has 8 nitrogen and oxygen atoms in total. The highest BCUT2D eigenvalue weighted by molar-refractivity contribution is 7.89. The van der Waals surface area contributed by atoms with Crippen LogP contribution in [0.1, 0.15) is 34.8 Å². The Morgan fingerprint density at radius 1 is 1.12 bits per heavy atom. The van der Waals surface area contributed by atoms with Crippen LogP contribution in [0.3, 0.4) is 0 Å². The van der Waals surface area contributed by atoms with Gasteiger partial charge in [-0.25, -0.2) is 13.2 Å². The van der Waals surface area contributed by atoms with Gasteiger partial charge in [-0.1, -0.05) is 17.7 Å². The van der Waals surface area contributed by atoms with Gasteiger partial charge in [-0.05, 0) is 56.5 Å². The number of nitrogens with zero attached hydrogens (tertiary/aromatic N) is 1. The Hall–Kier alpha value is -3.33. The first kappa shape index (κ1) is 23.8. The largest absolute Gasteiger partial charge is 0.493 e. The van der Waals surface area contributed by atoms with Gasteiger partial charge in [-0.2, -0.15) is 0 Å². The zero-order valence-electron chi connectivity index (χ0n) is 19.6. The maximum atomic E-state index is 13.8. The molecular formula is C25H27NO7S. The smallest absolute Gasteiger partial charge is 0.332 e. The second-order valence-corrected chi connectivity index (χ2v) is 10.2. The van der Waals surface area contributed by atoms with Gasteiger partial charge in [0.25, 0.3) is 10.0 Å². The molecule has 4 rings (SSSR count). The second-order valence-electron chi connectivity index (χ2n) is 8.37. The third-order valence-corrected chi connectivity index (χ3v) is 8.26. The number of fused-ring (bicyclic) bond motifs is 1. The third kappa shape index (κ3) is 3.73. The Morgan fingerprint density at radius 3 is 2.38 bits per heavy atom. The van der Waals surface area contributed by atoms with Gasteiger partial charge < -0.3 is 14.2 Å². The van der Waals surface area contributed by atoms with Crippen molar-refractivity contribution >= 4 is 21.8 Å². The molecule has 2 aromatic carbocycles. The van der Waals surface area contributed by atoms with Crippen LogP contribution in [0.2, 0.25) is 0 Å². The number of hydrogen-bond acceptors (Lipinski definition) is 7. The van der Waals surface area contributed by atoms with Crippen molar-refractivity contribution in [2.24, 2.45) is 5.41 Å². The number of sulfonamides is 1. The highest BCUT2D eigenvalue weighted by atomic mass is 32.2. The molecule has 1 spiro atoms. The molecule has 0 amide bonds. The van der Waals surface area contributed by atoms with Gasteiger partial charge in [-0.15, -0.1) is 0 Å². The number of esters is 1. The number of rotatable bonds is 6. The predicted octanol–water partition coefficient (Wildman–Crippen LogP) is 3.28. The third-order valence-electron chi connectivity index (χ3n) is 6.43. The van der Waals surface area contributed by atoms with Crippen LogP contribution in [0.4, 0.5) is 0 Å². The number of methoxy groups -OCH3 is 2. The molecule has 180 valence electrons. The normalized spacial score (nSPS) is 20.6. The van der Waals surface area contributed by atoms with Crippen LogP contribution >= 0.6 is 0 Å². The molecule has 0 radical (unpaired) electrons. The lowest BCUT2D eigenvalue weighted by Crippen LogP contribution is -2.34.